The van der Waals surface area contributed by atoms with E-state index in [9.17, 15) is 19.8 Å². The van der Waals surface area contributed by atoms with Crippen LogP contribution in [-0.4, -0.2) is 70.2 Å². The van der Waals surface area contributed by atoms with E-state index >= 15 is 0 Å². The van der Waals surface area contributed by atoms with Crippen LogP contribution in [0.5, 0.6) is 0 Å². The summed E-state index contributed by atoms with van der Waals surface area (Å²) in [7, 11) is 0. The minimum Gasteiger partial charge on any atom is -0.394 e. The van der Waals surface area contributed by atoms with Crippen LogP contribution < -0.4 is 10.6 Å². The molecule has 8 nitrogen and oxygen atoms in total. The van der Waals surface area contributed by atoms with E-state index in [4.69, 9.17) is 9.84 Å². The van der Waals surface area contributed by atoms with E-state index in [0.29, 0.717) is 0 Å². The van der Waals surface area contributed by atoms with Gasteiger partial charge in [0.25, 0.3) is 0 Å². The second kappa shape index (κ2) is 4.81. The van der Waals surface area contributed by atoms with Crippen LogP contribution in [0.25, 0.3) is 0 Å². The lowest BCUT2D eigenvalue weighted by molar-refractivity contribution is -0.189. The highest BCUT2D eigenvalue weighted by atomic mass is 16.5. The van der Waals surface area contributed by atoms with Gasteiger partial charge < -0.3 is 30.7 Å². The summed E-state index contributed by atoms with van der Waals surface area (Å²) in [6.45, 7) is 0.778. The van der Waals surface area contributed by atoms with Gasteiger partial charge in [-0.2, -0.15) is 0 Å². The smallest absolute Gasteiger partial charge is 0.245 e. The van der Waals surface area contributed by atoms with Gasteiger partial charge in [-0.15, -0.1) is 0 Å². The van der Waals surface area contributed by atoms with Crippen LogP contribution >= 0.6 is 0 Å². The van der Waals surface area contributed by atoms with Crippen LogP contribution in [-0.2, 0) is 14.3 Å². The molecule has 18 heavy (non-hydrogen) atoms. The summed E-state index contributed by atoms with van der Waals surface area (Å²) in [6.07, 6.45) is -4.32. The first kappa shape index (κ1) is 13.2. The van der Waals surface area contributed by atoms with Crippen LogP contribution in [0.4, 0.5) is 0 Å². The molecule has 5 N–H and O–H groups in total. The molecular weight excluding hydrogens is 244 g/mol. The Morgan fingerprint density at radius 2 is 2.11 bits per heavy atom. The molecule has 2 saturated heterocycles. The standard InChI is InChI=1S/C10H16N2O6/c1-3(14)11-6-9-5(12-10(6)17)8(16)7(15)4(2-13)18-9/h4-9,13,15-16H,2H2,1H3,(H,11,14)(H,12,17)/t4-,5-,6+,7+,8-,9+/m1/s1. The first-order valence-electron chi connectivity index (χ1n) is 5.65. The van der Waals surface area contributed by atoms with Crippen LogP contribution in [0.2, 0.25) is 0 Å². The summed E-state index contributed by atoms with van der Waals surface area (Å²) in [5, 5.41) is 33.4. The van der Waals surface area contributed by atoms with E-state index in [0.717, 1.165) is 0 Å². The zero-order valence-corrected chi connectivity index (χ0v) is 9.74. The first-order valence-corrected chi connectivity index (χ1v) is 5.65. The molecule has 2 heterocycles. The van der Waals surface area contributed by atoms with Crippen molar-refractivity contribution in [1.82, 2.24) is 10.6 Å². The lowest BCUT2D eigenvalue weighted by Crippen LogP contribution is -2.62. The van der Waals surface area contributed by atoms with Crippen molar-refractivity contribution in [3.63, 3.8) is 0 Å². The second-order valence-electron chi connectivity index (χ2n) is 4.52. The molecule has 0 spiro atoms. The van der Waals surface area contributed by atoms with E-state index in [1.807, 2.05) is 0 Å². The highest BCUT2D eigenvalue weighted by Gasteiger charge is 2.54. The molecule has 0 aromatic heterocycles. The van der Waals surface area contributed by atoms with Crippen molar-refractivity contribution in [2.24, 2.45) is 0 Å². The van der Waals surface area contributed by atoms with Crippen molar-refractivity contribution in [3.05, 3.63) is 0 Å². The number of nitrogens with one attached hydrogen (secondary N) is 2. The maximum atomic E-state index is 11.7. The summed E-state index contributed by atoms with van der Waals surface area (Å²) >= 11 is 0. The Kier molecular flexibility index (Phi) is 3.53. The average Bonchev–Trinajstić information content (AvgIpc) is 2.61. The first-order chi connectivity index (χ1) is 8.45. The Morgan fingerprint density at radius 3 is 2.67 bits per heavy atom. The van der Waals surface area contributed by atoms with Gasteiger partial charge in [-0.05, 0) is 0 Å². The van der Waals surface area contributed by atoms with Gasteiger partial charge in [0.05, 0.1) is 12.6 Å². The van der Waals surface area contributed by atoms with Crippen molar-refractivity contribution in [3.8, 4) is 0 Å². The van der Waals surface area contributed by atoms with Crippen LogP contribution in [0.1, 0.15) is 6.92 Å². The van der Waals surface area contributed by atoms with Crippen molar-refractivity contribution >= 4 is 11.8 Å². The third-order valence-electron chi connectivity index (χ3n) is 3.24. The minimum absolute atomic E-state index is 0.402. The van der Waals surface area contributed by atoms with Gasteiger partial charge in [0, 0.05) is 6.92 Å². The summed E-state index contributed by atoms with van der Waals surface area (Å²) in [6, 6.07) is -1.73. The molecule has 0 saturated carbocycles. The highest BCUT2D eigenvalue weighted by Crippen LogP contribution is 2.27. The molecule has 0 aromatic carbocycles. The van der Waals surface area contributed by atoms with Gasteiger partial charge in [0.15, 0.2) is 0 Å². The van der Waals surface area contributed by atoms with Crippen LogP contribution in [0, 0.1) is 0 Å². The lowest BCUT2D eigenvalue weighted by Gasteiger charge is -2.39. The van der Waals surface area contributed by atoms with Gasteiger partial charge in [-0.1, -0.05) is 0 Å². The van der Waals surface area contributed by atoms with Crippen LogP contribution in [0.15, 0.2) is 0 Å². The fraction of sp³-hybridized carbons (Fsp3) is 0.800. The normalized spacial score (nSPS) is 43.2. The third-order valence-corrected chi connectivity index (χ3v) is 3.24. The molecule has 2 aliphatic rings. The second-order valence-corrected chi connectivity index (χ2v) is 4.52. The largest absolute Gasteiger partial charge is 0.394 e. The predicted molar refractivity (Wildman–Crippen MR) is 57.3 cm³/mol. The van der Waals surface area contributed by atoms with Gasteiger partial charge in [0.2, 0.25) is 11.8 Å². The highest BCUT2D eigenvalue weighted by molar-refractivity contribution is 5.90. The molecular formula is C10H16N2O6. The van der Waals surface area contributed by atoms with Crippen molar-refractivity contribution in [2.45, 2.75) is 43.4 Å². The molecule has 0 aliphatic carbocycles. The maximum Gasteiger partial charge on any atom is 0.245 e. The number of aliphatic hydroxyl groups excluding tert-OH is 3. The fourth-order valence-corrected chi connectivity index (χ4v) is 2.37. The van der Waals surface area contributed by atoms with Crippen LogP contribution in [0.3, 0.4) is 0 Å². The number of carbonyl (C=O) groups excluding carboxylic acids is 2. The molecule has 2 rings (SSSR count). The monoisotopic (exact) mass is 260 g/mol. The van der Waals surface area contributed by atoms with E-state index < -0.39 is 54.9 Å². The molecule has 102 valence electrons. The molecule has 0 bridgehead atoms. The average molecular weight is 260 g/mol. The summed E-state index contributed by atoms with van der Waals surface area (Å²) in [5.41, 5.74) is 0. The number of hydrogen-bond donors (Lipinski definition) is 5. The maximum absolute atomic E-state index is 11.7. The Hall–Kier alpha value is -1.22. The van der Waals surface area contributed by atoms with Gasteiger partial charge in [0.1, 0.15) is 30.5 Å². The molecule has 8 heteroatoms. The third kappa shape index (κ3) is 2.07. The molecule has 0 unspecified atom stereocenters. The zero-order valence-electron chi connectivity index (χ0n) is 9.74. The molecule has 2 aliphatic heterocycles. The molecule has 2 amide bonds. The summed E-state index contributed by atoms with van der Waals surface area (Å²) in [5.74, 6) is -0.884. The SMILES string of the molecule is CC(=O)N[C@@H]1C(=O)N[C@@H]2[C@@H](O)[C@@H](O)[C@@H](CO)O[C@@H]21. The Labute approximate surface area is 103 Å². The fourth-order valence-electron chi connectivity index (χ4n) is 2.37. The summed E-state index contributed by atoms with van der Waals surface area (Å²) < 4.78 is 5.37. The van der Waals surface area contributed by atoms with E-state index in [-0.39, 0.29) is 0 Å². The Morgan fingerprint density at radius 1 is 1.44 bits per heavy atom. The van der Waals surface area contributed by atoms with E-state index in [2.05, 4.69) is 10.6 Å². The number of amides is 2. The van der Waals surface area contributed by atoms with Gasteiger partial charge >= 0.3 is 0 Å². The van der Waals surface area contributed by atoms with Gasteiger partial charge in [-0.25, -0.2) is 0 Å². The topological polar surface area (TPSA) is 128 Å². The molecule has 0 radical (unpaired) electrons. The zero-order chi connectivity index (χ0) is 13.4. The number of fused-ring (bicyclic) bond motifs is 1. The van der Waals surface area contributed by atoms with E-state index in [1.165, 1.54) is 6.92 Å². The van der Waals surface area contributed by atoms with Crippen molar-refractivity contribution in [2.75, 3.05) is 6.61 Å². The number of carbonyl (C=O) groups is 2. The molecule has 2 fully saturated rings. The predicted octanol–water partition coefficient (Wildman–Crippen LogP) is -3.53. The van der Waals surface area contributed by atoms with Crippen molar-refractivity contribution < 1.29 is 29.6 Å². The number of aliphatic hydroxyl groups is 3. The lowest BCUT2D eigenvalue weighted by atomic mass is 9.92. The summed E-state index contributed by atoms with van der Waals surface area (Å²) in [4.78, 5) is 22.7. The minimum atomic E-state index is -1.28. The number of hydrogen-bond acceptors (Lipinski definition) is 6. The molecule has 0 aromatic rings. The Balaban J connectivity index is 2.19. The van der Waals surface area contributed by atoms with Crippen molar-refractivity contribution in [1.29, 1.82) is 0 Å². The molecule has 6 atom stereocenters. The van der Waals surface area contributed by atoms with E-state index in [1.54, 1.807) is 0 Å². The Bertz CT molecular complexity index is 362. The van der Waals surface area contributed by atoms with Gasteiger partial charge in [-0.3, -0.25) is 9.59 Å². The number of ether oxygens (including phenoxy) is 1. The quantitative estimate of drug-likeness (QED) is 0.350. The number of rotatable bonds is 2.